The summed E-state index contributed by atoms with van der Waals surface area (Å²) >= 11 is 26.6. The molecule has 0 spiro atoms. The van der Waals surface area contributed by atoms with Crippen molar-refractivity contribution in [1.82, 2.24) is 4.98 Å². The van der Waals surface area contributed by atoms with Crippen molar-refractivity contribution in [2.45, 2.75) is 10.1 Å². The van der Waals surface area contributed by atoms with Gasteiger partial charge in [-0.2, -0.15) is 0 Å². The van der Waals surface area contributed by atoms with Crippen LogP contribution >= 0.6 is 81.3 Å². The number of carbonyl (C=O) groups excluding carboxylic acids is 1. The van der Waals surface area contributed by atoms with Crippen LogP contribution in [0.4, 0.5) is 4.79 Å². The molecule has 0 N–H and O–H groups in total. The highest BCUT2D eigenvalue weighted by Crippen LogP contribution is 2.37. The molecule has 0 aliphatic carbocycles. The lowest BCUT2D eigenvalue weighted by Gasteiger charge is -2.01. The molecule has 0 fully saturated rings. The molecule has 0 saturated heterocycles. The first-order valence-electron chi connectivity index (χ1n) is 5.06. The van der Waals surface area contributed by atoms with E-state index >= 15 is 0 Å². The second kappa shape index (κ2) is 7.58. The highest BCUT2D eigenvalue weighted by molar-refractivity contribution is 8.38. The zero-order chi connectivity index (χ0) is 14.7. The van der Waals surface area contributed by atoms with Crippen LogP contribution in [0.25, 0.3) is 0 Å². The van der Waals surface area contributed by atoms with Crippen LogP contribution in [-0.2, 0) is 5.75 Å². The van der Waals surface area contributed by atoms with Crippen molar-refractivity contribution >= 4 is 85.7 Å². The summed E-state index contributed by atoms with van der Waals surface area (Å²) in [6.45, 7) is 0. The topological polar surface area (TPSA) is 30.0 Å². The van der Waals surface area contributed by atoms with Gasteiger partial charge in [0.1, 0.15) is 4.34 Å². The van der Waals surface area contributed by atoms with E-state index in [1.807, 2.05) is 6.07 Å². The highest BCUT2D eigenvalue weighted by atomic mass is 35.5. The Hall–Kier alpha value is 0.380. The van der Waals surface area contributed by atoms with Gasteiger partial charge in [-0.1, -0.05) is 75.6 Å². The van der Waals surface area contributed by atoms with Gasteiger partial charge in [-0.25, -0.2) is 4.98 Å². The van der Waals surface area contributed by atoms with Crippen molar-refractivity contribution < 1.29 is 4.79 Å². The molecular weight excluding hydrogens is 400 g/mol. The van der Waals surface area contributed by atoms with Crippen LogP contribution in [0.3, 0.4) is 0 Å². The summed E-state index contributed by atoms with van der Waals surface area (Å²) in [6, 6.07) is 5.28. The van der Waals surface area contributed by atoms with Gasteiger partial charge < -0.3 is 0 Å². The Morgan fingerprint density at radius 1 is 1.20 bits per heavy atom. The Morgan fingerprint density at radius 3 is 2.55 bits per heavy atom. The summed E-state index contributed by atoms with van der Waals surface area (Å²) in [5.41, 5.74) is 0.925. The van der Waals surface area contributed by atoms with Gasteiger partial charge in [0.05, 0.1) is 10.0 Å². The van der Waals surface area contributed by atoms with E-state index in [9.17, 15) is 4.79 Å². The maximum Gasteiger partial charge on any atom is 0.253 e. The van der Waals surface area contributed by atoms with Gasteiger partial charge in [0.2, 0.25) is 0 Å². The first-order chi connectivity index (χ1) is 9.45. The van der Waals surface area contributed by atoms with Gasteiger partial charge in [-0.15, -0.1) is 0 Å². The fourth-order valence-electron chi connectivity index (χ4n) is 1.18. The van der Waals surface area contributed by atoms with E-state index in [0.29, 0.717) is 24.5 Å². The van der Waals surface area contributed by atoms with Crippen molar-refractivity contribution in [3.05, 3.63) is 43.3 Å². The Kier molecular flexibility index (Phi) is 6.35. The molecule has 0 bridgehead atoms. The van der Waals surface area contributed by atoms with Gasteiger partial charge in [0.25, 0.3) is 4.45 Å². The first kappa shape index (κ1) is 16.7. The SMILES string of the molecule is O=C(SCc1ccc(Cl)c(Cl)c1)Sc1nc(Cl)c(Cl)s1. The molecule has 2 rings (SSSR count). The minimum absolute atomic E-state index is 0.0850. The molecule has 0 saturated carbocycles. The summed E-state index contributed by atoms with van der Waals surface area (Å²) in [6.07, 6.45) is 0. The maximum atomic E-state index is 11.8. The minimum Gasteiger partial charge on any atom is -0.274 e. The highest BCUT2D eigenvalue weighted by Gasteiger charge is 2.13. The summed E-state index contributed by atoms with van der Waals surface area (Å²) < 4.78 is 0.834. The normalized spacial score (nSPS) is 10.8. The molecule has 1 heterocycles. The Morgan fingerprint density at radius 2 is 1.95 bits per heavy atom. The Balaban J connectivity index is 1.90. The Labute approximate surface area is 148 Å². The molecule has 106 valence electrons. The van der Waals surface area contributed by atoms with E-state index in [1.165, 1.54) is 11.3 Å². The zero-order valence-electron chi connectivity index (χ0n) is 9.53. The summed E-state index contributed by atoms with van der Waals surface area (Å²) in [7, 11) is 0. The number of hydrogen-bond donors (Lipinski definition) is 0. The quantitative estimate of drug-likeness (QED) is 0.520. The number of nitrogens with zero attached hydrogens (tertiary/aromatic N) is 1. The molecule has 1 aromatic heterocycles. The fourth-order valence-corrected chi connectivity index (χ4v) is 4.82. The van der Waals surface area contributed by atoms with Gasteiger partial charge in [-0.3, -0.25) is 4.79 Å². The minimum atomic E-state index is -0.0850. The van der Waals surface area contributed by atoms with E-state index < -0.39 is 0 Å². The molecule has 20 heavy (non-hydrogen) atoms. The van der Waals surface area contributed by atoms with E-state index in [-0.39, 0.29) is 9.60 Å². The number of benzene rings is 1. The summed E-state index contributed by atoms with van der Waals surface area (Å²) in [4.78, 5) is 15.8. The summed E-state index contributed by atoms with van der Waals surface area (Å²) in [5.74, 6) is 0.509. The monoisotopic (exact) mass is 403 g/mol. The zero-order valence-corrected chi connectivity index (χ0v) is 15.0. The lowest BCUT2D eigenvalue weighted by molar-refractivity contribution is 0.276. The third-order valence-electron chi connectivity index (χ3n) is 2.04. The van der Waals surface area contributed by atoms with E-state index in [4.69, 9.17) is 46.4 Å². The molecule has 0 unspecified atom stereocenters. The average Bonchev–Trinajstić information content (AvgIpc) is 2.70. The van der Waals surface area contributed by atoms with Crippen LogP contribution in [0.15, 0.2) is 22.5 Å². The van der Waals surface area contributed by atoms with E-state index in [1.54, 1.807) is 12.1 Å². The molecule has 0 aliphatic rings. The van der Waals surface area contributed by atoms with Crippen LogP contribution in [0.2, 0.25) is 19.5 Å². The van der Waals surface area contributed by atoms with Crippen molar-refractivity contribution in [3.63, 3.8) is 0 Å². The lowest BCUT2D eigenvalue weighted by atomic mass is 10.2. The van der Waals surface area contributed by atoms with Crippen molar-refractivity contribution in [1.29, 1.82) is 0 Å². The second-order valence-corrected chi connectivity index (χ2v) is 8.63. The van der Waals surface area contributed by atoms with E-state index in [2.05, 4.69) is 4.98 Å². The number of aromatic nitrogens is 1. The standard InChI is InChI=1S/C11H5Cl4NOS3/c12-6-2-1-5(3-7(6)13)4-18-11(17)20-10-16-8(14)9(15)19-10/h1-3H,4H2. The molecule has 2 nitrogen and oxygen atoms in total. The first-order valence-corrected chi connectivity index (χ1v) is 9.19. The fraction of sp³-hybridized carbons (Fsp3) is 0.0909. The number of carbonyl (C=O) groups is 1. The largest absolute Gasteiger partial charge is 0.274 e. The molecule has 1 aromatic carbocycles. The molecule has 0 radical (unpaired) electrons. The van der Waals surface area contributed by atoms with Gasteiger partial charge in [-0.05, 0) is 29.5 Å². The van der Waals surface area contributed by atoms with Gasteiger partial charge in [0, 0.05) is 5.75 Å². The third kappa shape index (κ3) is 4.70. The molecule has 0 atom stereocenters. The second-order valence-electron chi connectivity index (χ2n) is 3.43. The van der Waals surface area contributed by atoms with Gasteiger partial charge >= 0.3 is 0 Å². The van der Waals surface area contributed by atoms with Crippen molar-refractivity contribution in [3.8, 4) is 0 Å². The summed E-state index contributed by atoms with van der Waals surface area (Å²) in [5, 5.41) is 1.19. The molecular formula is C11H5Cl4NOS3. The smallest absolute Gasteiger partial charge is 0.253 e. The Bertz CT molecular complexity index is 627. The van der Waals surface area contributed by atoms with Gasteiger partial charge in [0.15, 0.2) is 9.49 Å². The van der Waals surface area contributed by atoms with Crippen molar-refractivity contribution in [2.24, 2.45) is 0 Å². The van der Waals surface area contributed by atoms with Crippen LogP contribution in [0, 0.1) is 0 Å². The lowest BCUT2D eigenvalue weighted by Crippen LogP contribution is -1.86. The molecule has 9 heteroatoms. The molecule has 0 amide bonds. The average molecular weight is 405 g/mol. The number of thiazole rings is 1. The van der Waals surface area contributed by atoms with Crippen LogP contribution < -0.4 is 0 Å². The predicted molar refractivity (Wildman–Crippen MR) is 91.1 cm³/mol. The number of hydrogen-bond acceptors (Lipinski definition) is 5. The maximum absolute atomic E-state index is 11.8. The third-order valence-corrected chi connectivity index (χ3v) is 6.56. The number of halogens is 4. The van der Waals surface area contributed by atoms with Crippen LogP contribution in [0.5, 0.6) is 0 Å². The molecule has 2 aromatic rings. The predicted octanol–water partition coefficient (Wildman–Crippen LogP) is 6.90. The van der Waals surface area contributed by atoms with Crippen molar-refractivity contribution in [2.75, 3.05) is 0 Å². The number of thioether (sulfide) groups is 2. The van der Waals surface area contributed by atoms with Crippen LogP contribution in [0.1, 0.15) is 5.56 Å². The molecule has 0 aliphatic heterocycles. The van der Waals surface area contributed by atoms with E-state index in [0.717, 1.165) is 29.1 Å². The van der Waals surface area contributed by atoms with Crippen LogP contribution in [-0.4, -0.2) is 9.43 Å². The number of rotatable bonds is 3.